The highest BCUT2D eigenvalue weighted by Crippen LogP contribution is 2.51. The lowest BCUT2D eigenvalue weighted by Gasteiger charge is -2.40. The SMILES string of the molecule is Cc1c(NC(=O)c2ccc(Cl)c(S(=O)(=O)C3CC4CC[C@@H](C3)C4(C)O)c2)ccc(F)c1F. The van der Waals surface area contributed by atoms with Crippen LogP contribution in [0.15, 0.2) is 35.2 Å². The molecule has 32 heavy (non-hydrogen) atoms. The summed E-state index contributed by atoms with van der Waals surface area (Å²) in [6, 6.07) is 6.08. The van der Waals surface area contributed by atoms with Gasteiger partial charge in [0.15, 0.2) is 21.5 Å². The average molecular weight is 484 g/mol. The van der Waals surface area contributed by atoms with Gasteiger partial charge in [-0.1, -0.05) is 11.6 Å². The first-order chi connectivity index (χ1) is 14.9. The molecule has 172 valence electrons. The molecule has 2 aliphatic rings. The monoisotopic (exact) mass is 483 g/mol. The molecule has 0 radical (unpaired) electrons. The van der Waals surface area contributed by atoms with Gasteiger partial charge in [-0.15, -0.1) is 0 Å². The molecule has 2 aromatic carbocycles. The van der Waals surface area contributed by atoms with Crippen molar-refractivity contribution >= 4 is 33.0 Å². The Morgan fingerprint density at radius 2 is 1.78 bits per heavy atom. The van der Waals surface area contributed by atoms with Gasteiger partial charge in [0.2, 0.25) is 0 Å². The lowest BCUT2D eigenvalue weighted by atomic mass is 9.76. The normalized spacial score (nSPS) is 27.4. The third-order valence-electron chi connectivity index (χ3n) is 7.14. The maximum absolute atomic E-state index is 13.8. The van der Waals surface area contributed by atoms with E-state index in [1.807, 2.05) is 0 Å². The summed E-state index contributed by atoms with van der Waals surface area (Å²) in [5.41, 5.74) is -0.813. The summed E-state index contributed by atoms with van der Waals surface area (Å²) >= 11 is 6.22. The van der Waals surface area contributed by atoms with Gasteiger partial charge in [0.05, 0.1) is 20.8 Å². The Bertz CT molecular complexity index is 1180. The summed E-state index contributed by atoms with van der Waals surface area (Å²) in [5, 5.41) is 12.5. The number of hydrogen-bond donors (Lipinski definition) is 2. The van der Waals surface area contributed by atoms with Crippen LogP contribution in [0.25, 0.3) is 0 Å². The minimum Gasteiger partial charge on any atom is -0.390 e. The number of benzene rings is 2. The first-order valence-electron chi connectivity index (χ1n) is 10.4. The Labute approximate surface area is 190 Å². The number of anilines is 1. The summed E-state index contributed by atoms with van der Waals surface area (Å²) < 4.78 is 54.0. The van der Waals surface area contributed by atoms with Gasteiger partial charge in [0.25, 0.3) is 5.91 Å². The first-order valence-corrected chi connectivity index (χ1v) is 12.4. The number of rotatable bonds is 4. The van der Waals surface area contributed by atoms with E-state index in [0.29, 0.717) is 12.8 Å². The first kappa shape index (κ1) is 23.1. The molecule has 0 aliphatic heterocycles. The van der Waals surface area contributed by atoms with Crippen molar-refractivity contribution in [2.45, 2.75) is 55.3 Å². The van der Waals surface area contributed by atoms with Crippen molar-refractivity contribution < 1.29 is 27.1 Å². The fourth-order valence-corrected chi connectivity index (χ4v) is 7.44. The van der Waals surface area contributed by atoms with Crippen LogP contribution in [0.1, 0.15) is 48.5 Å². The van der Waals surface area contributed by atoms with Gasteiger partial charge in [-0.05, 0) is 81.7 Å². The molecule has 0 aromatic heterocycles. The highest BCUT2D eigenvalue weighted by Gasteiger charge is 2.53. The zero-order valence-electron chi connectivity index (χ0n) is 17.7. The molecule has 9 heteroatoms. The number of nitrogens with one attached hydrogen (secondary N) is 1. The molecule has 2 saturated carbocycles. The second kappa shape index (κ2) is 8.08. The van der Waals surface area contributed by atoms with Gasteiger partial charge >= 0.3 is 0 Å². The van der Waals surface area contributed by atoms with E-state index >= 15 is 0 Å². The number of fused-ring (bicyclic) bond motifs is 2. The van der Waals surface area contributed by atoms with Crippen LogP contribution in [-0.2, 0) is 9.84 Å². The van der Waals surface area contributed by atoms with Crippen LogP contribution >= 0.6 is 11.6 Å². The summed E-state index contributed by atoms with van der Waals surface area (Å²) in [7, 11) is -3.85. The Balaban J connectivity index is 1.62. The fraction of sp³-hybridized carbons (Fsp3) is 0.435. The topological polar surface area (TPSA) is 83.5 Å². The maximum atomic E-state index is 13.8. The lowest BCUT2D eigenvalue weighted by molar-refractivity contribution is -0.0413. The summed E-state index contributed by atoms with van der Waals surface area (Å²) in [6.45, 7) is 3.11. The number of aliphatic hydroxyl groups is 1. The quantitative estimate of drug-likeness (QED) is 0.648. The summed E-state index contributed by atoms with van der Waals surface area (Å²) in [4.78, 5) is 12.6. The molecular weight excluding hydrogens is 460 g/mol. The Morgan fingerprint density at radius 1 is 1.16 bits per heavy atom. The fourth-order valence-electron chi connectivity index (χ4n) is 5.04. The molecule has 4 rings (SSSR count). The van der Waals surface area contributed by atoms with Crippen molar-refractivity contribution in [2.24, 2.45) is 11.8 Å². The molecule has 2 bridgehead atoms. The van der Waals surface area contributed by atoms with E-state index < -0.39 is 38.2 Å². The number of sulfone groups is 1. The van der Waals surface area contributed by atoms with Gasteiger partial charge in [0, 0.05) is 16.8 Å². The van der Waals surface area contributed by atoms with E-state index in [2.05, 4.69) is 5.32 Å². The maximum Gasteiger partial charge on any atom is 0.255 e. The Hall–Kier alpha value is -2.03. The molecule has 2 aliphatic carbocycles. The molecule has 1 amide bonds. The minimum absolute atomic E-state index is 0.00948. The van der Waals surface area contributed by atoms with Crippen LogP contribution in [0, 0.1) is 30.4 Å². The third-order valence-corrected chi connectivity index (χ3v) is 9.79. The van der Waals surface area contributed by atoms with Crippen LogP contribution in [0.3, 0.4) is 0 Å². The van der Waals surface area contributed by atoms with Crippen LogP contribution in [-0.4, -0.2) is 30.3 Å². The second-order valence-electron chi connectivity index (χ2n) is 8.97. The van der Waals surface area contributed by atoms with E-state index in [9.17, 15) is 27.1 Å². The number of hydrogen-bond acceptors (Lipinski definition) is 4. The van der Waals surface area contributed by atoms with Crippen LogP contribution in [0.2, 0.25) is 5.02 Å². The van der Waals surface area contributed by atoms with Crippen molar-refractivity contribution in [1.29, 1.82) is 0 Å². The van der Waals surface area contributed by atoms with E-state index in [1.54, 1.807) is 6.92 Å². The zero-order chi connectivity index (χ0) is 23.4. The van der Waals surface area contributed by atoms with Gasteiger partial charge in [-0.2, -0.15) is 0 Å². The Kier molecular flexibility index (Phi) is 5.84. The average Bonchev–Trinajstić information content (AvgIpc) is 2.91. The van der Waals surface area contributed by atoms with Gasteiger partial charge < -0.3 is 10.4 Å². The largest absolute Gasteiger partial charge is 0.390 e. The van der Waals surface area contributed by atoms with Gasteiger partial charge in [-0.3, -0.25) is 4.79 Å². The van der Waals surface area contributed by atoms with Crippen molar-refractivity contribution in [3.8, 4) is 0 Å². The molecule has 0 spiro atoms. The van der Waals surface area contributed by atoms with Crippen LogP contribution < -0.4 is 5.32 Å². The number of halogens is 3. The molecule has 0 heterocycles. The van der Waals surface area contributed by atoms with Crippen molar-refractivity contribution in [2.75, 3.05) is 5.32 Å². The molecule has 0 saturated heterocycles. The predicted octanol–water partition coefficient (Wildman–Crippen LogP) is 4.89. The van der Waals surface area contributed by atoms with Crippen LogP contribution in [0.5, 0.6) is 0 Å². The highest BCUT2D eigenvalue weighted by atomic mass is 35.5. The minimum atomic E-state index is -3.85. The van der Waals surface area contributed by atoms with Crippen molar-refractivity contribution in [3.05, 3.63) is 58.1 Å². The molecule has 2 aromatic rings. The van der Waals surface area contributed by atoms with E-state index in [-0.39, 0.29) is 38.6 Å². The summed E-state index contributed by atoms with van der Waals surface area (Å²) in [5.74, 6) is -2.95. The number of amides is 1. The smallest absolute Gasteiger partial charge is 0.255 e. The van der Waals surface area contributed by atoms with Crippen LogP contribution in [0.4, 0.5) is 14.5 Å². The molecule has 3 unspecified atom stereocenters. The predicted molar refractivity (Wildman–Crippen MR) is 118 cm³/mol. The molecule has 4 atom stereocenters. The molecule has 2 fully saturated rings. The van der Waals surface area contributed by atoms with Crippen molar-refractivity contribution in [1.82, 2.24) is 0 Å². The Morgan fingerprint density at radius 3 is 2.41 bits per heavy atom. The second-order valence-corrected chi connectivity index (χ2v) is 11.6. The van der Waals surface area contributed by atoms with E-state index in [0.717, 1.165) is 18.9 Å². The zero-order valence-corrected chi connectivity index (χ0v) is 19.2. The lowest BCUT2D eigenvalue weighted by Crippen LogP contribution is -2.45. The van der Waals surface area contributed by atoms with Gasteiger partial charge in [0.1, 0.15) is 0 Å². The van der Waals surface area contributed by atoms with E-state index in [1.165, 1.54) is 31.2 Å². The molecular formula is C23H24ClF2NO4S. The number of carbonyl (C=O) groups excluding carboxylic acids is 1. The number of carbonyl (C=O) groups is 1. The highest BCUT2D eigenvalue weighted by molar-refractivity contribution is 7.92. The summed E-state index contributed by atoms with van der Waals surface area (Å²) in [6.07, 6.45) is 2.25. The van der Waals surface area contributed by atoms with Gasteiger partial charge in [-0.25, -0.2) is 17.2 Å². The van der Waals surface area contributed by atoms with Crippen molar-refractivity contribution in [3.63, 3.8) is 0 Å². The third kappa shape index (κ3) is 3.82. The molecule has 2 N–H and O–H groups in total. The molecule has 5 nitrogen and oxygen atoms in total. The standard InChI is InChI=1S/C23H24ClF2NO4S/c1-12-19(8-7-18(25)21(12)26)27-22(28)13-3-6-17(24)20(9-13)32(30,31)16-10-14-4-5-15(11-16)23(14,2)29/h3,6-9,14-16,29H,4-5,10-11H2,1-2H3,(H,27,28)/t14-,15?,16?,23?/m0/s1. The van der Waals surface area contributed by atoms with E-state index in [4.69, 9.17) is 11.6 Å².